The number of rotatable bonds is 6. The summed E-state index contributed by atoms with van der Waals surface area (Å²) in [6.45, 7) is -0.674. The Morgan fingerprint density at radius 2 is 2.06 bits per heavy atom. The number of hydrogen-bond donors (Lipinski definition) is 4. The Balaban J connectivity index is 2.25. The molecule has 8 heteroatoms. The highest BCUT2D eigenvalue weighted by atomic mass is 32.1. The molecule has 0 fully saturated rings. The van der Waals surface area contributed by atoms with Gasteiger partial charge in [0.15, 0.2) is 6.10 Å². The molecule has 1 heterocycles. The van der Waals surface area contributed by atoms with Crippen LogP contribution in [0.5, 0.6) is 0 Å². The fourth-order valence-electron chi connectivity index (χ4n) is 1.02. The van der Waals surface area contributed by atoms with Crippen molar-refractivity contribution in [3.05, 3.63) is 22.4 Å². The van der Waals surface area contributed by atoms with E-state index in [9.17, 15) is 14.4 Å². The van der Waals surface area contributed by atoms with Gasteiger partial charge < -0.3 is 20.8 Å². The van der Waals surface area contributed by atoms with E-state index in [0.29, 0.717) is 4.88 Å². The topological polar surface area (TPSA) is 116 Å². The van der Waals surface area contributed by atoms with Gasteiger partial charge in [0.1, 0.15) is 0 Å². The number of aliphatic hydroxyl groups excluding tert-OH is 1. The number of carbonyl (C=O) groups is 3. The van der Waals surface area contributed by atoms with Gasteiger partial charge in [-0.2, -0.15) is 0 Å². The Kier molecular flexibility index (Phi) is 5.28. The number of thiophene rings is 1. The third kappa shape index (κ3) is 4.52. The van der Waals surface area contributed by atoms with Gasteiger partial charge >= 0.3 is 5.97 Å². The molecule has 4 N–H and O–H groups in total. The number of carbonyl (C=O) groups excluding carboxylic acids is 2. The van der Waals surface area contributed by atoms with Gasteiger partial charge in [0, 0.05) is 0 Å². The van der Waals surface area contributed by atoms with Crippen LogP contribution < -0.4 is 10.6 Å². The average Bonchev–Trinajstić information content (AvgIpc) is 2.86. The van der Waals surface area contributed by atoms with E-state index in [2.05, 4.69) is 10.6 Å². The summed E-state index contributed by atoms with van der Waals surface area (Å²) in [7, 11) is 0. The molecule has 1 aromatic heterocycles. The Labute approximate surface area is 106 Å². The Bertz CT molecular complexity index is 431. The van der Waals surface area contributed by atoms with Crippen molar-refractivity contribution in [2.75, 3.05) is 13.1 Å². The first-order chi connectivity index (χ1) is 8.50. The van der Waals surface area contributed by atoms with Crippen molar-refractivity contribution in [1.29, 1.82) is 0 Å². The van der Waals surface area contributed by atoms with Crippen LogP contribution in [-0.4, -0.2) is 47.2 Å². The predicted octanol–water partition coefficient (Wildman–Crippen LogP) is -0.960. The summed E-state index contributed by atoms with van der Waals surface area (Å²) in [6.07, 6.45) is -1.65. The molecule has 0 spiro atoms. The molecule has 1 atom stereocenters. The van der Waals surface area contributed by atoms with Crippen LogP contribution in [0.4, 0.5) is 0 Å². The van der Waals surface area contributed by atoms with Crippen molar-refractivity contribution in [3.63, 3.8) is 0 Å². The van der Waals surface area contributed by atoms with E-state index in [1.807, 2.05) is 0 Å². The minimum Gasteiger partial charge on any atom is -0.479 e. The molecule has 0 bridgehead atoms. The molecule has 2 amide bonds. The maximum atomic E-state index is 11.4. The standard InChI is InChI=1S/C10H12N2O5S/c13-6(10(16)17)4-11-8(14)5-12-9(15)7-2-1-3-18-7/h1-3,6,13H,4-5H2,(H,11,14)(H,12,15)(H,16,17). The summed E-state index contributed by atoms with van der Waals surface area (Å²) in [5.74, 6) is -2.36. The molecule has 0 aromatic carbocycles. The van der Waals surface area contributed by atoms with Crippen molar-refractivity contribution in [2.45, 2.75) is 6.10 Å². The summed E-state index contributed by atoms with van der Waals surface area (Å²) < 4.78 is 0. The molecule has 0 saturated carbocycles. The molecule has 98 valence electrons. The van der Waals surface area contributed by atoms with E-state index >= 15 is 0 Å². The average molecular weight is 272 g/mol. The number of aliphatic hydroxyl groups is 1. The molecule has 0 radical (unpaired) electrons. The van der Waals surface area contributed by atoms with Crippen molar-refractivity contribution < 1.29 is 24.6 Å². The molecule has 0 aliphatic heterocycles. The SMILES string of the molecule is O=C(CNC(=O)c1cccs1)NCC(O)C(=O)O. The maximum absolute atomic E-state index is 11.4. The zero-order valence-electron chi connectivity index (χ0n) is 9.25. The highest BCUT2D eigenvalue weighted by molar-refractivity contribution is 7.12. The van der Waals surface area contributed by atoms with Gasteiger partial charge in [-0.1, -0.05) is 6.07 Å². The lowest BCUT2D eigenvalue weighted by Crippen LogP contribution is -2.41. The van der Waals surface area contributed by atoms with Crippen LogP contribution in [0.25, 0.3) is 0 Å². The first-order valence-electron chi connectivity index (χ1n) is 5.00. The maximum Gasteiger partial charge on any atom is 0.334 e. The number of aliphatic carboxylic acids is 1. The molecule has 0 saturated heterocycles. The predicted molar refractivity (Wildman–Crippen MR) is 63.3 cm³/mol. The Hall–Kier alpha value is -1.93. The summed E-state index contributed by atoms with van der Waals surface area (Å²) in [4.78, 5) is 33.4. The fourth-order valence-corrected chi connectivity index (χ4v) is 1.66. The highest BCUT2D eigenvalue weighted by Gasteiger charge is 2.14. The second-order valence-electron chi connectivity index (χ2n) is 3.32. The second-order valence-corrected chi connectivity index (χ2v) is 4.27. The largest absolute Gasteiger partial charge is 0.479 e. The lowest BCUT2D eigenvalue weighted by molar-refractivity contribution is -0.146. The van der Waals surface area contributed by atoms with E-state index in [1.54, 1.807) is 17.5 Å². The van der Waals surface area contributed by atoms with Crippen LogP contribution in [0.2, 0.25) is 0 Å². The molecule has 0 aliphatic carbocycles. The van der Waals surface area contributed by atoms with Gasteiger partial charge in [-0.05, 0) is 11.4 Å². The van der Waals surface area contributed by atoms with Crippen molar-refractivity contribution in [2.24, 2.45) is 0 Å². The van der Waals surface area contributed by atoms with E-state index in [-0.39, 0.29) is 12.5 Å². The third-order valence-corrected chi connectivity index (χ3v) is 2.80. The van der Waals surface area contributed by atoms with E-state index in [4.69, 9.17) is 10.2 Å². The van der Waals surface area contributed by atoms with Crippen LogP contribution in [0.1, 0.15) is 9.67 Å². The molecule has 18 heavy (non-hydrogen) atoms. The van der Waals surface area contributed by atoms with Crippen LogP contribution in [0.15, 0.2) is 17.5 Å². The molecule has 1 aromatic rings. The molecule has 0 aliphatic rings. The zero-order chi connectivity index (χ0) is 13.5. The lowest BCUT2D eigenvalue weighted by atomic mass is 10.3. The second kappa shape index (κ2) is 6.72. The normalized spacial score (nSPS) is 11.6. The number of hydrogen-bond acceptors (Lipinski definition) is 5. The quantitative estimate of drug-likeness (QED) is 0.532. The van der Waals surface area contributed by atoms with Crippen LogP contribution in [-0.2, 0) is 9.59 Å². The third-order valence-electron chi connectivity index (χ3n) is 1.93. The van der Waals surface area contributed by atoms with Gasteiger partial charge in [-0.25, -0.2) is 4.79 Å². The van der Waals surface area contributed by atoms with Crippen molar-refractivity contribution in [3.8, 4) is 0 Å². The van der Waals surface area contributed by atoms with Gasteiger partial charge in [-0.3, -0.25) is 9.59 Å². The molecule has 7 nitrogen and oxygen atoms in total. The summed E-state index contributed by atoms with van der Waals surface area (Å²) in [6, 6.07) is 3.33. The van der Waals surface area contributed by atoms with Gasteiger partial charge in [0.05, 0.1) is 18.0 Å². The number of carboxylic acids is 1. The minimum atomic E-state index is -1.65. The Morgan fingerprint density at radius 3 is 2.61 bits per heavy atom. The summed E-state index contributed by atoms with van der Waals surface area (Å²) >= 11 is 1.24. The first kappa shape index (κ1) is 14.1. The van der Waals surface area contributed by atoms with Gasteiger partial charge in [0.25, 0.3) is 5.91 Å². The zero-order valence-corrected chi connectivity index (χ0v) is 10.1. The lowest BCUT2D eigenvalue weighted by Gasteiger charge is -2.08. The number of amides is 2. The van der Waals surface area contributed by atoms with Crippen LogP contribution >= 0.6 is 11.3 Å². The van der Waals surface area contributed by atoms with E-state index in [0.717, 1.165) is 0 Å². The summed E-state index contributed by atoms with van der Waals surface area (Å²) in [5.41, 5.74) is 0. The van der Waals surface area contributed by atoms with Gasteiger partial charge in [-0.15, -0.1) is 11.3 Å². The molecular weight excluding hydrogens is 260 g/mol. The van der Waals surface area contributed by atoms with Crippen LogP contribution in [0, 0.1) is 0 Å². The smallest absolute Gasteiger partial charge is 0.334 e. The molecular formula is C10H12N2O5S. The first-order valence-corrected chi connectivity index (χ1v) is 5.88. The van der Waals surface area contributed by atoms with E-state index < -0.39 is 24.5 Å². The monoisotopic (exact) mass is 272 g/mol. The van der Waals surface area contributed by atoms with Crippen molar-refractivity contribution >= 4 is 29.1 Å². The van der Waals surface area contributed by atoms with Crippen LogP contribution in [0.3, 0.4) is 0 Å². The van der Waals surface area contributed by atoms with Gasteiger partial charge in [0.2, 0.25) is 5.91 Å². The molecule has 1 unspecified atom stereocenters. The van der Waals surface area contributed by atoms with E-state index in [1.165, 1.54) is 11.3 Å². The number of nitrogens with one attached hydrogen (secondary N) is 2. The minimum absolute atomic E-state index is 0.275. The summed E-state index contributed by atoms with van der Waals surface area (Å²) in [5, 5.41) is 23.6. The Morgan fingerprint density at radius 1 is 1.33 bits per heavy atom. The fraction of sp³-hybridized carbons (Fsp3) is 0.300. The molecule has 1 rings (SSSR count). The van der Waals surface area contributed by atoms with Crippen molar-refractivity contribution in [1.82, 2.24) is 10.6 Å². The number of carboxylic acid groups (broad SMARTS) is 1. The highest BCUT2D eigenvalue weighted by Crippen LogP contribution is 2.07.